The van der Waals surface area contributed by atoms with Crippen molar-refractivity contribution in [2.75, 3.05) is 6.61 Å². The molecular weight excluding hydrogens is 202 g/mol. The van der Waals surface area contributed by atoms with E-state index in [2.05, 4.69) is 6.92 Å². The van der Waals surface area contributed by atoms with Gasteiger partial charge in [0.15, 0.2) is 0 Å². The lowest BCUT2D eigenvalue weighted by atomic mass is 9.71. The van der Waals surface area contributed by atoms with Gasteiger partial charge in [0.1, 0.15) is 5.75 Å². The summed E-state index contributed by atoms with van der Waals surface area (Å²) in [6, 6.07) is 7.81. The molecule has 0 heterocycles. The highest BCUT2D eigenvalue weighted by atomic mass is 16.5. The lowest BCUT2D eigenvalue weighted by molar-refractivity contribution is -0.0541. The van der Waals surface area contributed by atoms with Gasteiger partial charge >= 0.3 is 0 Å². The van der Waals surface area contributed by atoms with Gasteiger partial charge in [0.05, 0.1) is 12.2 Å². The first-order valence-electron chi connectivity index (χ1n) is 5.86. The summed E-state index contributed by atoms with van der Waals surface area (Å²) >= 11 is 0. The number of rotatable bonds is 4. The van der Waals surface area contributed by atoms with E-state index in [0.29, 0.717) is 19.4 Å². The van der Waals surface area contributed by atoms with Crippen LogP contribution in [0.2, 0.25) is 0 Å². The van der Waals surface area contributed by atoms with E-state index < -0.39 is 5.60 Å². The molecule has 1 fully saturated rings. The molecule has 0 bridgehead atoms. The molecule has 3 nitrogen and oxygen atoms in total. The molecule has 1 aromatic rings. The number of hydrogen-bond acceptors (Lipinski definition) is 3. The molecule has 0 aliphatic heterocycles. The van der Waals surface area contributed by atoms with Gasteiger partial charge in [-0.3, -0.25) is 0 Å². The number of benzene rings is 1. The predicted octanol–water partition coefficient (Wildman–Crippen LogP) is 1.78. The van der Waals surface area contributed by atoms with Crippen molar-refractivity contribution in [1.29, 1.82) is 0 Å². The third-order valence-electron chi connectivity index (χ3n) is 3.05. The molecule has 88 valence electrons. The second-order valence-corrected chi connectivity index (χ2v) is 4.54. The molecule has 0 saturated heterocycles. The van der Waals surface area contributed by atoms with Crippen LogP contribution in [-0.2, 0) is 5.60 Å². The Morgan fingerprint density at radius 3 is 2.75 bits per heavy atom. The maximum Gasteiger partial charge on any atom is 0.125 e. The van der Waals surface area contributed by atoms with Crippen molar-refractivity contribution >= 4 is 0 Å². The number of aliphatic hydroxyl groups is 1. The Bertz CT molecular complexity index is 359. The van der Waals surface area contributed by atoms with Crippen LogP contribution >= 0.6 is 0 Å². The minimum atomic E-state index is -0.774. The Kier molecular flexibility index (Phi) is 3.17. The van der Waals surface area contributed by atoms with Gasteiger partial charge in [-0.15, -0.1) is 0 Å². The summed E-state index contributed by atoms with van der Waals surface area (Å²) in [6.45, 7) is 2.75. The van der Waals surface area contributed by atoms with Crippen LogP contribution in [0.3, 0.4) is 0 Å². The van der Waals surface area contributed by atoms with Gasteiger partial charge in [0.2, 0.25) is 0 Å². The van der Waals surface area contributed by atoms with Crippen molar-refractivity contribution in [3.05, 3.63) is 29.8 Å². The van der Waals surface area contributed by atoms with E-state index in [0.717, 1.165) is 17.7 Å². The Hall–Kier alpha value is -1.06. The first-order valence-corrected chi connectivity index (χ1v) is 5.86. The molecule has 1 aliphatic rings. The third kappa shape index (κ3) is 2.06. The van der Waals surface area contributed by atoms with Crippen LogP contribution in [0.1, 0.15) is 31.7 Å². The van der Waals surface area contributed by atoms with Crippen LogP contribution < -0.4 is 10.5 Å². The minimum absolute atomic E-state index is 0.115. The topological polar surface area (TPSA) is 55.5 Å². The van der Waals surface area contributed by atoms with Gasteiger partial charge in [0.25, 0.3) is 0 Å². The lowest BCUT2D eigenvalue weighted by Crippen LogP contribution is -2.49. The van der Waals surface area contributed by atoms with E-state index in [1.54, 1.807) is 0 Å². The Morgan fingerprint density at radius 2 is 2.12 bits per heavy atom. The zero-order valence-electron chi connectivity index (χ0n) is 9.65. The summed E-state index contributed by atoms with van der Waals surface area (Å²) < 4.78 is 5.64. The molecule has 3 heteroatoms. The molecule has 2 rings (SSSR count). The van der Waals surface area contributed by atoms with Crippen LogP contribution in [0.4, 0.5) is 0 Å². The van der Waals surface area contributed by atoms with Crippen LogP contribution in [0.25, 0.3) is 0 Å². The van der Waals surface area contributed by atoms with Gasteiger partial charge in [0, 0.05) is 11.6 Å². The molecule has 3 N–H and O–H groups in total. The summed E-state index contributed by atoms with van der Waals surface area (Å²) in [4.78, 5) is 0. The van der Waals surface area contributed by atoms with Gasteiger partial charge in [-0.1, -0.05) is 25.1 Å². The maximum absolute atomic E-state index is 10.4. The summed E-state index contributed by atoms with van der Waals surface area (Å²) in [5.74, 6) is 0.791. The first kappa shape index (κ1) is 11.4. The molecule has 1 saturated carbocycles. The fraction of sp³-hybridized carbons (Fsp3) is 0.538. The van der Waals surface area contributed by atoms with Crippen molar-refractivity contribution in [3.8, 4) is 5.75 Å². The van der Waals surface area contributed by atoms with E-state index >= 15 is 0 Å². The van der Waals surface area contributed by atoms with Crippen LogP contribution in [0.5, 0.6) is 5.75 Å². The quantitative estimate of drug-likeness (QED) is 0.815. The molecule has 0 aromatic heterocycles. The number of ether oxygens (including phenoxy) is 1. The molecule has 0 amide bonds. The summed E-state index contributed by atoms with van der Waals surface area (Å²) in [5, 5.41) is 10.4. The average molecular weight is 221 g/mol. The van der Waals surface area contributed by atoms with Crippen LogP contribution in [-0.4, -0.2) is 17.8 Å². The molecule has 0 unspecified atom stereocenters. The van der Waals surface area contributed by atoms with Crippen molar-refractivity contribution < 1.29 is 9.84 Å². The van der Waals surface area contributed by atoms with Crippen molar-refractivity contribution in [2.45, 2.75) is 37.8 Å². The molecule has 1 aromatic carbocycles. The van der Waals surface area contributed by atoms with E-state index in [1.165, 1.54) is 0 Å². The summed E-state index contributed by atoms with van der Waals surface area (Å²) in [7, 11) is 0. The van der Waals surface area contributed by atoms with Crippen LogP contribution in [0, 0.1) is 0 Å². The van der Waals surface area contributed by atoms with Gasteiger partial charge in [-0.05, 0) is 25.3 Å². The first-order chi connectivity index (χ1) is 7.65. The Balaban J connectivity index is 2.19. The van der Waals surface area contributed by atoms with E-state index in [-0.39, 0.29) is 6.04 Å². The highest BCUT2D eigenvalue weighted by Gasteiger charge is 2.43. The lowest BCUT2D eigenvalue weighted by Gasteiger charge is -2.42. The number of nitrogens with two attached hydrogens (primary N) is 1. The molecule has 0 radical (unpaired) electrons. The van der Waals surface area contributed by atoms with Gasteiger partial charge in [-0.2, -0.15) is 0 Å². The SMILES string of the molecule is CCCOc1ccccc1C1(O)CC(N)C1. The number of para-hydroxylation sites is 1. The predicted molar refractivity (Wildman–Crippen MR) is 63.3 cm³/mol. The Labute approximate surface area is 96.2 Å². The summed E-state index contributed by atoms with van der Waals surface area (Å²) in [6.07, 6.45) is 2.21. The fourth-order valence-corrected chi connectivity index (χ4v) is 2.22. The standard InChI is InChI=1S/C13H19NO2/c1-2-7-16-12-6-4-3-5-11(12)13(15)8-10(14)9-13/h3-6,10,15H,2,7-9,14H2,1H3. The highest BCUT2D eigenvalue weighted by molar-refractivity contribution is 5.39. The molecule has 0 atom stereocenters. The second-order valence-electron chi connectivity index (χ2n) is 4.54. The normalized spacial score (nSPS) is 28.6. The second kappa shape index (κ2) is 4.44. The van der Waals surface area contributed by atoms with Gasteiger partial charge < -0.3 is 15.6 Å². The fourth-order valence-electron chi connectivity index (χ4n) is 2.22. The smallest absolute Gasteiger partial charge is 0.125 e. The number of hydrogen-bond donors (Lipinski definition) is 2. The molecule has 16 heavy (non-hydrogen) atoms. The summed E-state index contributed by atoms with van der Waals surface area (Å²) in [5.41, 5.74) is 5.85. The minimum Gasteiger partial charge on any atom is -0.493 e. The third-order valence-corrected chi connectivity index (χ3v) is 3.05. The van der Waals surface area contributed by atoms with E-state index in [1.807, 2.05) is 24.3 Å². The van der Waals surface area contributed by atoms with Crippen molar-refractivity contribution in [3.63, 3.8) is 0 Å². The zero-order chi connectivity index (χ0) is 11.6. The van der Waals surface area contributed by atoms with Gasteiger partial charge in [-0.25, -0.2) is 0 Å². The average Bonchev–Trinajstić information content (AvgIpc) is 2.25. The van der Waals surface area contributed by atoms with Crippen LogP contribution in [0.15, 0.2) is 24.3 Å². The van der Waals surface area contributed by atoms with E-state index in [4.69, 9.17) is 10.5 Å². The largest absolute Gasteiger partial charge is 0.493 e. The maximum atomic E-state index is 10.4. The van der Waals surface area contributed by atoms with Crippen molar-refractivity contribution in [2.24, 2.45) is 5.73 Å². The molecule has 1 aliphatic carbocycles. The highest BCUT2D eigenvalue weighted by Crippen LogP contribution is 2.44. The monoisotopic (exact) mass is 221 g/mol. The molecule has 0 spiro atoms. The zero-order valence-corrected chi connectivity index (χ0v) is 9.65. The van der Waals surface area contributed by atoms with E-state index in [9.17, 15) is 5.11 Å². The van der Waals surface area contributed by atoms with Crippen molar-refractivity contribution in [1.82, 2.24) is 0 Å². The molecular formula is C13H19NO2. The Morgan fingerprint density at radius 1 is 1.44 bits per heavy atom.